The van der Waals surface area contributed by atoms with Crippen molar-refractivity contribution in [2.45, 2.75) is 37.5 Å². The van der Waals surface area contributed by atoms with Gasteiger partial charge in [-0.3, -0.25) is 0 Å². The highest BCUT2D eigenvalue weighted by Crippen LogP contribution is 2.44. The lowest BCUT2D eigenvalue weighted by atomic mass is 9.71. The summed E-state index contributed by atoms with van der Waals surface area (Å²) >= 11 is 9.72. The minimum absolute atomic E-state index is 0.0966. The molecule has 0 unspecified atom stereocenters. The smallest absolute Gasteiger partial charge is 0.128 e. The monoisotopic (exact) mass is 304 g/mol. The van der Waals surface area contributed by atoms with Crippen molar-refractivity contribution in [1.29, 1.82) is 0 Å². The molecule has 2 rings (SSSR count). The molecule has 0 heterocycles. The fourth-order valence-electron chi connectivity index (χ4n) is 2.68. The van der Waals surface area contributed by atoms with Gasteiger partial charge in [0.2, 0.25) is 0 Å². The van der Waals surface area contributed by atoms with Crippen molar-refractivity contribution < 1.29 is 4.39 Å². The third kappa shape index (κ3) is 2.14. The average Bonchev–Trinajstić information content (AvgIpc) is 2.30. The van der Waals surface area contributed by atoms with Gasteiger partial charge in [-0.15, -0.1) is 0 Å². The number of halogens is 3. The first-order valence-corrected chi connectivity index (χ1v) is 7.20. The van der Waals surface area contributed by atoms with E-state index in [1.165, 1.54) is 12.5 Å². The van der Waals surface area contributed by atoms with Gasteiger partial charge in [0.05, 0.1) is 0 Å². The van der Waals surface area contributed by atoms with Crippen LogP contribution in [0.4, 0.5) is 4.39 Å². The molecule has 0 bridgehead atoms. The van der Waals surface area contributed by atoms with Crippen molar-refractivity contribution in [2.75, 3.05) is 5.33 Å². The van der Waals surface area contributed by atoms with Gasteiger partial charge in [0.15, 0.2) is 0 Å². The van der Waals surface area contributed by atoms with Crippen LogP contribution in [-0.2, 0) is 5.41 Å². The predicted octanol–water partition coefficient (Wildman–Crippen LogP) is 5.08. The van der Waals surface area contributed by atoms with Gasteiger partial charge in [-0.05, 0) is 25.0 Å². The summed E-state index contributed by atoms with van der Waals surface area (Å²) in [4.78, 5) is 0. The Morgan fingerprint density at radius 1 is 1.25 bits per heavy atom. The fourth-order valence-corrected chi connectivity index (χ4v) is 3.89. The van der Waals surface area contributed by atoms with Gasteiger partial charge in [-0.25, -0.2) is 4.39 Å². The Bertz CT molecular complexity index is 352. The lowest BCUT2D eigenvalue weighted by Gasteiger charge is -2.37. The quantitative estimate of drug-likeness (QED) is 0.669. The maximum Gasteiger partial charge on any atom is 0.128 e. The second-order valence-corrected chi connectivity index (χ2v) is 5.54. The molecular formula is C13H15BrClF. The average molecular weight is 306 g/mol. The number of alkyl halides is 1. The number of hydrogen-bond acceptors (Lipinski definition) is 0. The van der Waals surface area contributed by atoms with Crippen LogP contribution in [0.25, 0.3) is 0 Å². The van der Waals surface area contributed by atoms with E-state index in [1.807, 2.05) is 0 Å². The molecule has 0 spiro atoms. The second kappa shape index (κ2) is 5.05. The zero-order chi connectivity index (χ0) is 11.6. The number of rotatable bonds is 2. The van der Waals surface area contributed by atoms with Gasteiger partial charge in [0, 0.05) is 21.3 Å². The Morgan fingerprint density at radius 2 is 1.94 bits per heavy atom. The standard InChI is InChI=1S/C13H15BrClF/c14-9-13(7-2-1-3-8-13)12-10(15)5-4-6-11(12)16/h4-6H,1-3,7-9H2. The van der Waals surface area contributed by atoms with Crippen molar-refractivity contribution in [3.05, 3.63) is 34.6 Å². The van der Waals surface area contributed by atoms with Crippen LogP contribution in [0.3, 0.4) is 0 Å². The number of hydrogen-bond donors (Lipinski definition) is 0. The summed E-state index contributed by atoms with van der Waals surface area (Å²) in [5, 5.41) is 1.36. The van der Waals surface area contributed by atoms with Crippen molar-refractivity contribution >= 4 is 27.5 Å². The van der Waals surface area contributed by atoms with Crippen molar-refractivity contribution in [2.24, 2.45) is 0 Å². The molecule has 88 valence electrons. The topological polar surface area (TPSA) is 0 Å². The van der Waals surface area contributed by atoms with Crippen LogP contribution in [0.5, 0.6) is 0 Å². The highest BCUT2D eigenvalue weighted by molar-refractivity contribution is 9.09. The maximum atomic E-state index is 14.0. The van der Waals surface area contributed by atoms with E-state index in [2.05, 4.69) is 15.9 Å². The molecule has 1 aromatic rings. The molecule has 1 fully saturated rings. The third-order valence-corrected chi connectivity index (χ3v) is 4.95. The molecule has 0 aliphatic heterocycles. The largest absolute Gasteiger partial charge is 0.207 e. The van der Waals surface area contributed by atoms with Crippen molar-refractivity contribution in [1.82, 2.24) is 0 Å². The SMILES string of the molecule is Fc1cccc(Cl)c1C1(CBr)CCCCC1. The van der Waals surface area contributed by atoms with E-state index >= 15 is 0 Å². The Balaban J connectivity index is 2.46. The lowest BCUT2D eigenvalue weighted by molar-refractivity contribution is 0.317. The molecule has 0 aromatic heterocycles. The first-order valence-electron chi connectivity index (χ1n) is 5.70. The highest BCUT2D eigenvalue weighted by Gasteiger charge is 2.36. The van der Waals surface area contributed by atoms with Gasteiger partial charge < -0.3 is 0 Å². The van der Waals surface area contributed by atoms with E-state index in [1.54, 1.807) is 12.1 Å². The first kappa shape index (κ1) is 12.4. The molecule has 1 aliphatic rings. The van der Waals surface area contributed by atoms with E-state index in [0.717, 1.165) is 31.0 Å². The molecular weight excluding hydrogens is 290 g/mol. The van der Waals surface area contributed by atoms with E-state index in [0.29, 0.717) is 10.6 Å². The van der Waals surface area contributed by atoms with Crippen LogP contribution < -0.4 is 0 Å². The summed E-state index contributed by atoms with van der Waals surface area (Å²) in [5.41, 5.74) is 0.619. The summed E-state index contributed by atoms with van der Waals surface area (Å²) < 4.78 is 14.0. The predicted molar refractivity (Wildman–Crippen MR) is 70.0 cm³/mol. The molecule has 1 aromatic carbocycles. The molecule has 1 saturated carbocycles. The summed E-state index contributed by atoms with van der Waals surface area (Å²) in [7, 11) is 0. The van der Waals surface area contributed by atoms with Crippen LogP contribution in [-0.4, -0.2) is 5.33 Å². The summed E-state index contributed by atoms with van der Waals surface area (Å²) in [6.07, 6.45) is 5.63. The maximum absolute atomic E-state index is 14.0. The van der Waals surface area contributed by atoms with Crippen molar-refractivity contribution in [3.8, 4) is 0 Å². The van der Waals surface area contributed by atoms with E-state index in [-0.39, 0.29) is 11.2 Å². The molecule has 0 nitrogen and oxygen atoms in total. The summed E-state index contributed by atoms with van der Waals surface area (Å²) in [6.45, 7) is 0. The van der Waals surface area contributed by atoms with Gasteiger partial charge in [-0.2, -0.15) is 0 Å². The summed E-state index contributed by atoms with van der Waals surface area (Å²) in [5.74, 6) is -0.158. The Morgan fingerprint density at radius 3 is 2.50 bits per heavy atom. The van der Waals surface area contributed by atoms with Gasteiger partial charge >= 0.3 is 0 Å². The molecule has 0 radical (unpaired) electrons. The minimum atomic E-state index is -0.158. The normalized spacial score (nSPS) is 19.7. The van der Waals surface area contributed by atoms with Gasteiger partial charge in [0.1, 0.15) is 5.82 Å². The molecule has 3 heteroatoms. The van der Waals surface area contributed by atoms with Gasteiger partial charge in [0.25, 0.3) is 0 Å². The van der Waals surface area contributed by atoms with E-state index in [4.69, 9.17) is 11.6 Å². The third-order valence-electron chi connectivity index (χ3n) is 3.56. The zero-order valence-electron chi connectivity index (χ0n) is 9.11. The minimum Gasteiger partial charge on any atom is -0.207 e. The van der Waals surface area contributed by atoms with E-state index in [9.17, 15) is 4.39 Å². The Hall–Kier alpha value is -0.0800. The zero-order valence-corrected chi connectivity index (χ0v) is 11.5. The molecule has 0 saturated heterocycles. The number of benzene rings is 1. The van der Waals surface area contributed by atoms with Crippen LogP contribution in [0, 0.1) is 5.82 Å². The molecule has 16 heavy (non-hydrogen) atoms. The Kier molecular flexibility index (Phi) is 3.91. The van der Waals surface area contributed by atoms with Crippen LogP contribution in [0.15, 0.2) is 18.2 Å². The second-order valence-electron chi connectivity index (χ2n) is 4.57. The molecule has 0 amide bonds. The molecule has 0 N–H and O–H groups in total. The molecule has 1 aliphatic carbocycles. The lowest BCUT2D eigenvalue weighted by Crippen LogP contribution is -2.32. The van der Waals surface area contributed by atoms with Crippen LogP contribution in [0.2, 0.25) is 5.02 Å². The first-order chi connectivity index (χ1) is 7.69. The Labute approximate surface area is 109 Å². The van der Waals surface area contributed by atoms with Crippen LogP contribution >= 0.6 is 27.5 Å². The summed E-state index contributed by atoms with van der Waals surface area (Å²) in [6, 6.07) is 4.98. The molecule has 0 atom stereocenters. The fraction of sp³-hybridized carbons (Fsp3) is 0.538. The highest BCUT2D eigenvalue weighted by atomic mass is 79.9. The van der Waals surface area contributed by atoms with E-state index < -0.39 is 0 Å². The van der Waals surface area contributed by atoms with Gasteiger partial charge in [-0.1, -0.05) is 52.9 Å². The van der Waals surface area contributed by atoms with Crippen LogP contribution in [0.1, 0.15) is 37.7 Å². The van der Waals surface area contributed by atoms with Crippen molar-refractivity contribution in [3.63, 3.8) is 0 Å².